The maximum Gasteiger partial charge on any atom is 0.148 e. The van der Waals surface area contributed by atoms with Crippen LogP contribution in [0.25, 0.3) is 0 Å². The summed E-state index contributed by atoms with van der Waals surface area (Å²) in [6.07, 6.45) is 5.48. The van der Waals surface area contributed by atoms with Crippen molar-refractivity contribution in [2.24, 2.45) is 11.8 Å². The lowest BCUT2D eigenvalue weighted by Crippen LogP contribution is -2.18. The number of nitrogens with one attached hydrogen (secondary N) is 1. The molecule has 0 radical (unpaired) electrons. The zero-order chi connectivity index (χ0) is 10.4. The number of rotatable bonds is 2. The van der Waals surface area contributed by atoms with Gasteiger partial charge in [-0.15, -0.1) is 0 Å². The number of hydrogen-bond acceptors (Lipinski definition) is 3. The topological polar surface area (TPSA) is 37.8 Å². The molecule has 1 heterocycles. The smallest absolute Gasteiger partial charge is 0.148 e. The second-order valence-electron chi connectivity index (χ2n) is 4.40. The van der Waals surface area contributed by atoms with E-state index in [1.165, 1.54) is 25.6 Å². The minimum atomic E-state index is 0.468. The molecule has 2 aliphatic rings. The third kappa shape index (κ3) is 1.85. The Balaban J connectivity index is 1.73. The van der Waals surface area contributed by atoms with Crippen molar-refractivity contribution < 1.29 is 0 Å². The fourth-order valence-corrected chi connectivity index (χ4v) is 2.93. The first-order chi connectivity index (χ1) is 7.24. The van der Waals surface area contributed by atoms with Crippen molar-refractivity contribution in [3.8, 4) is 0 Å². The SMILES string of the molecule is Clc1ncnc(NC2CC3CC3C2)c1Br. The minimum Gasteiger partial charge on any atom is -0.366 e. The van der Waals surface area contributed by atoms with E-state index in [-0.39, 0.29) is 0 Å². The van der Waals surface area contributed by atoms with Gasteiger partial charge >= 0.3 is 0 Å². The van der Waals surface area contributed by atoms with Crippen molar-refractivity contribution in [2.45, 2.75) is 25.3 Å². The van der Waals surface area contributed by atoms with E-state index >= 15 is 0 Å². The average molecular weight is 289 g/mol. The van der Waals surface area contributed by atoms with Gasteiger partial charge in [0.1, 0.15) is 17.3 Å². The summed E-state index contributed by atoms with van der Waals surface area (Å²) in [5.74, 6) is 2.76. The molecule has 0 amide bonds. The lowest BCUT2D eigenvalue weighted by Gasteiger charge is -2.15. The molecule has 0 bridgehead atoms. The van der Waals surface area contributed by atoms with Crippen LogP contribution < -0.4 is 5.32 Å². The largest absolute Gasteiger partial charge is 0.366 e. The average Bonchev–Trinajstić information content (AvgIpc) is 2.82. The summed E-state index contributed by atoms with van der Waals surface area (Å²) in [6, 6.07) is 0.566. The highest BCUT2D eigenvalue weighted by molar-refractivity contribution is 9.10. The van der Waals surface area contributed by atoms with E-state index in [1.807, 2.05) is 0 Å². The quantitative estimate of drug-likeness (QED) is 0.850. The van der Waals surface area contributed by atoms with Gasteiger partial charge in [-0.3, -0.25) is 0 Å². The van der Waals surface area contributed by atoms with Crippen LogP contribution in [0, 0.1) is 11.8 Å². The summed E-state index contributed by atoms with van der Waals surface area (Å²) in [5, 5.41) is 3.90. The number of hydrogen-bond donors (Lipinski definition) is 1. The van der Waals surface area contributed by atoms with Gasteiger partial charge in [-0.25, -0.2) is 9.97 Å². The van der Waals surface area contributed by atoms with Crippen molar-refractivity contribution in [1.82, 2.24) is 9.97 Å². The van der Waals surface area contributed by atoms with Crippen molar-refractivity contribution in [2.75, 3.05) is 5.32 Å². The maximum atomic E-state index is 5.90. The summed E-state index contributed by atoms with van der Waals surface area (Å²) in [5.41, 5.74) is 0. The van der Waals surface area contributed by atoms with Crippen LogP contribution in [-0.4, -0.2) is 16.0 Å². The van der Waals surface area contributed by atoms with Gasteiger partial charge in [0.05, 0.1) is 4.47 Å². The second kappa shape index (κ2) is 3.59. The molecule has 5 heteroatoms. The van der Waals surface area contributed by atoms with Crippen LogP contribution in [0.15, 0.2) is 10.8 Å². The molecule has 1 N–H and O–H groups in total. The van der Waals surface area contributed by atoms with Crippen LogP contribution in [0.1, 0.15) is 19.3 Å². The summed E-state index contributed by atoms with van der Waals surface area (Å²) in [4.78, 5) is 8.09. The highest BCUT2D eigenvalue weighted by Crippen LogP contribution is 2.52. The number of halogens is 2. The Morgan fingerprint density at radius 2 is 2.00 bits per heavy atom. The van der Waals surface area contributed by atoms with E-state index in [0.717, 1.165) is 22.1 Å². The summed E-state index contributed by atoms with van der Waals surface area (Å²) >= 11 is 9.29. The molecule has 2 fully saturated rings. The first kappa shape index (κ1) is 9.85. The predicted octanol–water partition coefficient (Wildman–Crippen LogP) is 3.10. The van der Waals surface area contributed by atoms with Crippen molar-refractivity contribution in [1.29, 1.82) is 0 Å². The Labute approximate surface area is 102 Å². The highest BCUT2D eigenvalue weighted by Gasteiger charge is 2.45. The van der Waals surface area contributed by atoms with Gasteiger partial charge in [-0.05, 0) is 47.0 Å². The van der Waals surface area contributed by atoms with Crippen molar-refractivity contribution in [3.05, 3.63) is 16.0 Å². The summed E-state index contributed by atoms with van der Waals surface area (Å²) < 4.78 is 0.771. The zero-order valence-corrected chi connectivity index (χ0v) is 10.4. The molecule has 2 aliphatic carbocycles. The van der Waals surface area contributed by atoms with Gasteiger partial charge in [0.25, 0.3) is 0 Å². The van der Waals surface area contributed by atoms with E-state index in [0.29, 0.717) is 11.2 Å². The first-order valence-electron chi connectivity index (χ1n) is 5.16. The normalized spacial score (nSPS) is 32.5. The molecule has 0 spiro atoms. The molecule has 2 atom stereocenters. The number of anilines is 1. The van der Waals surface area contributed by atoms with E-state index in [2.05, 4.69) is 31.2 Å². The number of fused-ring (bicyclic) bond motifs is 1. The molecule has 2 saturated carbocycles. The fraction of sp³-hybridized carbons (Fsp3) is 0.600. The molecule has 80 valence electrons. The van der Waals surface area contributed by atoms with Gasteiger partial charge < -0.3 is 5.32 Å². The van der Waals surface area contributed by atoms with E-state index in [1.54, 1.807) is 0 Å². The van der Waals surface area contributed by atoms with Crippen molar-refractivity contribution in [3.63, 3.8) is 0 Å². The highest BCUT2D eigenvalue weighted by atomic mass is 79.9. The second-order valence-corrected chi connectivity index (χ2v) is 5.55. The molecule has 0 saturated heterocycles. The van der Waals surface area contributed by atoms with Crippen LogP contribution >= 0.6 is 27.5 Å². The Kier molecular flexibility index (Phi) is 2.36. The van der Waals surface area contributed by atoms with Crippen LogP contribution in [0.5, 0.6) is 0 Å². The molecular weight excluding hydrogens is 277 g/mol. The van der Waals surface area contributed by atoms with Crippen LogP contribution in [0.4, 0.5) is 5.82 Å². The lowest BCUT2D eigenvalue weighted by atomic mass is 10.1. The maximum absolute atomic E-state index is 5.90. The van der Waals surface area contributed by atoms with Gasteiger partial charge in [-0.1, -0.05) is 11.6 Å². The summed E-state index contributed by atoms with van der Waals surface area (Å²) in [6.45, 7) is 0. The first-order valence-corrected chi connectivity index (χ1v) is 6.33. The number of nitrogens with zero attached hydrogens (tertiary/aromatic N) is 2. The van der Waals surface area contributed by atoms with Crippen LogP contribution in [0.2, 0.25) is 5.15 Å². The van der Waals surface area contributed by atoms with Gasteiger partial charge in [0.2, 0.25) is 0 Å². The predicted molar refractivity (Wildman–Crippen MR) is 63.0 cm³/mol. The van der Waals surface area contributed by atoms with E-state index < -0.39 is 0 Å². The van der Waals surface area contributed by atoms with Crippen molar-refractivity contribution >= 4 is 33.3 Å². The third-order valence-corrected chi connectivity index (χ3v) is 4.60. The van der Waals surface area contributed by atoms with Gasteiger partial charge in [0, 0.05) is 6.04 Å². The Morgan fingerprint density at radius 3 is 2.73 bits per heavy atom. The molecule has 3 rings (SSSR count). The Hall–Kier alpha value is -0.350. The Morgan fingerprint density at radius 1 is 1.27 bits per heavy atom. The van der Waals surface area contributed by atoms with Crippen LogP contribution in [-0.2, 0) is 0 Å². The molecule has 15 heavy (non-hydrogen) atoms. The van der Waals surface area contributed by atoms with Crippen LogP contribution in [0.3, 0.4) is 0 Å². The molecule has 1 aromatic heterocycles. The zero-order valence-electron chi connectivity index (χ0n) is 8.08. The van der Waals surface area contributed by atoms with E-state index in [9.17, 15) is 0 Å². The van der Waals surface area contributed by atoms with Gasteiger partial charge in [0.15, 0.2) is 0 Å². The Bertz CT molecular complexity index is 388. The molecule has 1 aromatic rings. The van der Waals surface area contributed by atoms with Gasteiger partial charge in [-0.2, -0.15) is 0 Å². The molecule has 3 nitrogen and oxygen atoms in total. The standard InChI is InChI=1S/C10H11BrClN3/c11-8-9(12)13-4-14-10(8)15-7-2-5-1-6(5)3-7/h4-7H,1-3H2,(H,13,14,15). The molecule has 0 aliphatic heterocycles. The molecule has 2 unspecified atom stereocenters. The summed E-state index contributed by atoms with van der Waals surface area (Å²) in [7, 11) is 0. The fourth-order valence-electron chi connectivity index (χ4n) is 2.47. The molecule has 0 aromatic carbocycles. The monoisotopic (exact) mass is 287 g/mol. The molecular formula is C10H11BrClN3. The number of aromatic nitrogens is 2. The minimum absolute atomic E-state index is 0.468. The van der Waals surface area contributed by atoms with E-state index in [4.69, 9.17) is 11.6 Å². The lowest BCUT2D eigenvalue weighted by molar-refractivity contribution is 0.648. The third-order valence-electron chi connectivity index (χ3n) is 3.33.